The fourth-order valence-corrected chi connectivity index (χ4v) is 2.49. The minimum absolute atomic E-state index is 0.227. The number of aliphatic hydroxyl groups is 1. The van der Waals surface area contributed by atoms with Gasteiger partial charge in [0, 0.05) is 0 Å². The van der Waals surface area contributed by atoms with Crippen molar-refractivity contribution in [3.05, 3.63) is 23.3 Å². The van der Waals surface area contributed by atoms with E-state index in [2.05, 4.69) is 39.8 Å². The van der Waals surface area contributed by atoms with Gasteiger partial charge < -0.3 is 5.11 Å². The van der Waals surface area contributed by atoms with Crippen molar-refractivity contribution in [3.63, 3.8) is 0 Å². The smallest absolute Gasteiger partial charge is 0.0752 e. The molecule has 0 saturated heterocycles. The van der Waals surface area contributed by atoms with Gasteiger partial charge in [-0.15, -0.1) is 0 Å². The van der Waals surface area contributed by atoms with Crippen molar-refractivity contribution < 1.29 is 5.11 Å². The van der Waals surface area contributed by atoms with Gasteiger partial charge in [-0.1, -0.05) is 31.6 Å². The van der Waals surface area contributed by atoms with Crippen molar-refractivity contribution in [1.82, 2.24) is 0 Å². The van der Waals surface area contributed by atoms with E-state index < -0.39 is 0 Å². The molecule has 0 aromatic carbocycles. The monoisotopic (exact) mass is 222 g/mol. The van der Waals surface area contributed by atoms with Gasteiger partial charge in [0.1, 0.15) is 0 Å². The van der Waals surface area contributed by atoms with E-state index in [9.17, 15) is 5.11 Å². The standard InChI is InChI=1S/C15H26O/c1-11(2)7-6-8-13-9-12(3)14(16)10-15(13,4)5/h7,9,13-14,16H,6,8,10H2,1-5H3. The van der Waals surface area contributed by atoms with Crippen LogP contribution in [0, 0.1) is 11.3 Å². The number of aliphatic hydroxyl groups excluding tert-OH is 1. The Morgan fingerprint density at radius 1 is 1.50 bits per heavy atom. The molecule has 1 heteroatoms. The molecule has 16 heavy (non-hydrogen) atoms. The van der Waals surface area contributed by atoms with Gasteiger partial charge in [-0.2, -0.15) is 0 Å². The quantitative estimate of drug-likeness (QED) is 0.713. The van der Waals surface area contributed by atoms with Gasteiger partial charge in [0.15, 0.2) is 0 Å². The second kappa shape index (κ2) is 5.18. The molecule has 0 aromatic heterocycles. The molecule has 0 bridgehead atoms. The molecule has 1 N–H and O–H groups in total. The third kappa shape index (κ3) is 3.48. The van der Waals surface area contributed by atoms with Crippen LogP contribution in [0.1, 0.15) is 53.9 Å². The van der Waals surface area contributed by atoms with E-state index in [1.54, 1.807) is 0 Å². The third-order valence-corrected chi connectivity index (χ3v) is 3.74. The zero-order valence-corrected chi connectivity index (χ0v) is 11.4. The minimum Gasteiger partial charge on any atom is -0.389 e. The Bertz CT molecular complexity index is 293. The van der Waals surface area contributed by atoms with Crippen molar-refractivity contribution in [1.29, 1.82) is 0 Å². The first-order valence-corrected chi connectivity index (χ1v) is 6.32. The second-order valence-electron chi connectivity index (χ2n) is 6.08. The van der Waals surface area contributed by atoms with Crippen molar-refractivity contribution in [2.24, 2.45) is 11.3 Å². The first kappa shape index (κ1) is 13.5. The summed E-state index contributed by atoms with van der Waals surface area (Å²) in [5.41, 5.74) is 2.78. The molecule has 0 heterocycles. The van der Waals surface area contributed by atoms with E-state index in [-0.39, 0.29) is 11.5 Å². The Morgan fingerprint density at radius 3 is 2.69 bits per heavy atom. The number of hydrogen-bond donors (Lipinski definition) is 1. The summed E-state index contributed by atoms with van der Waals surface area (Å²) in [4.78, 5) is 0. The van der Waals surface area contributed by atoms with Crippen LogP contribution in [0.3, 0.4) is 0 Å². The number of hydrogen-bond acceptors (Lipinski definition) is 1. The van der Waals surface area contributed by atoms with Crippen molar-refractivity contribution >= 4 is 0 Å². The van der Waals surface area contributed by atoms with Crippen LogP contribution in [0.2, 0.25) is 0 Å². The molecule has 1 rings (SSSR count). The lowest BCUT2D eigenvalue weighted by Crippen LogP contribution is -2.33. The van der Waals surface area contributed by atoms with Crippen molar-refractivity contribution in [2.45, 2.75) is 60.0 Å². The topological polar surface area (TPSA) is 20.2 Å². The molecule has 0 aliphatic heterocycles. The molecule has 92 valence electrons. The molecule has 0 amide bonds. The average Bonchev–Trinajstić information content (AvgIpc) is 2.12. The van der Waals surface area contributed by atoms with Crippen LogP contribution in [0.25, 0.3) is 0 Å². The molecular weight excluding hydrogens is 196 g/mol. The van der Waals surface area contributed by atoms with Gasteiger partial charge in [0.2, 0.25) is 0 Å². The molecule has 1 aliphatic carbocycles. The Labute approximate surface area is 100 Å². The van der Waals surface area contributed by atoms with Crippen LogP contribution in [0.4, 0.5) is 0 Å². The van der Waals surface area contributed by atoms with E-state index in [0.717, 1.165) is 18.4 Å². The number of allylic oxidation sites excluding steroid dienone is 3. The van der Waals surface area contributed by atoms with Gasteiger partial charge in [-0.05, 0) is 56.9 Å². The first-order chi connectivity index (χ1) is 7.33. The zero-order valence-electron chi connectivity index (χ0n) is 11.4. The fraction of sp³-hybridized carbons (Fsp3) is 0.733. The zero-order chi connectivity index (χ0) is 12.3. The van der Waals surface area contributed by atoms with Crippen LogP contribution >= 0.6 is 0 Å². The molecule has 2 atom stereocenters. The maximum atomic E-state index is 9.86. The minimum atomic E-state index is -0.227. The van der Waals surface area contributed by atoms with E-state index >= 15 is 0 Å². The van der Waals surface area contributed by atoms with Crippen LogP contribution in [0.5, 0.6) is 0 Å². The highest BCUT2D eigenvalue weighted by Crippen LogP contribution is 2.41. The van der Waals surface area contributed by atoms with Gasteiger partial charge in [0.05, 0.1) is 6.10 Å². The van der Waals surface area contributed by atoms with E-state index in [1.807, 2.05) is 6.92 Å². The third-order valence-electron chi connectivity index (χ3n) is 3.74. The fourth-order valence-electron chi connectivity index (χ4n) is 2.49. The second-order valence-corrected chi connectivity index (χ2v) is 6.08. The van der Waals surface area contributed by atoms with Crippen LogP contribution < -0.4 is 0 Å². The summed E-state index contributed by atoms with van der Waals surface area (Å²) >= 11 is 0. The summed E-state index contributed by atoms with van der Waals surface area (Å²) in [6.07, 6.45) is 7.61. The Morgan fingerprint density at radius 2 is 2.12 bits per heavy atom. The summed E-state index contributed by atoms with van der Waals surface area (Å²) in [6.45, 7) is 10.9. The lowest BCUT2D eigenvalue weighted by molar-refractivity contribution is 0.0959. The highest BCUT2D eigenvalue weighted by molar-refractivity contribution is 5.15. The summed E-state index contributed by atoms with van der Waals surface area (Å²) < 4.78 is 0. The number of rotatable bonds is 3. The van der Waals surface area contributed by atoms with Crippen LogP contribution in [-0.2, 0) is 0 Å². The van der Waals surface area contributed by atoms with Gasteiger partial charge in [0.25, 0.3) is 0 Å². The van der Waals surface area contributed by atoms with E-state index in [0.29, 0.717) is 5.92 Å². The molecule has 0 saturated carbocycles. The predicted molar refractivity (Wildman–Crippen MR) is 70.3 cm³/mol. The molecule has 2 unspecified atom stereocenters. The summed E-state index contributed by atoms with van der Waals surface area (Å²) in [7, 11) is 0. The molecule has 1 aliphatic rings. The molecule has 0 radical (unpaired) electrons. The van der Waals surface area contributed by atoms with Gasteiger partial charge >= 0.3 is 0 Å². The van der Waals surface area contributed by atoms with Gasteiger partial charge in [-0.25, -0.2) is 0 Å². The Kier molecular flexibility index (Phi) is 4.37. The molecule has 0 fully saturated rings. The largest absolute Gasteiger partial charge is 0.389 e. The summed E-state index contributed by atoms with van der Waals surface area (Å²) in [5.74, 6) is 0.603. The maximum Gasteiger partial charge on any atom is 0.0752 e. The molecule has 1 nitrogen and oxygen atoms in total. The lowest BCUT2D eigenvalue weighted by Gasteiger charge is -2.39. The van der Waals surface area contributed by atoms with Crippen LogP contribution in [-0.4, -0.2) is 11.2 Å². The predicted octanol–water partition coefficient (Wildman–Crippen LogP) is 4.09. The van der Waals surface area contributed by atoms with Crippen molar-refractivity contribution in [3.8, 4) is 0 Å². The molecule has 0 aromatic rings. The van der Waals surface area contributed by atoms with Gasteiger partial charge in [-0.3, -0.25) is 0 Å². The summed E-state index contributed by atoms with van der Waals surface area (Å²) in [6, 6.07) is 0. The Hall–Kier alpha value is -0.560. The van der Waals surface area contributed by atoms with E-state index in [4.69, 9.17) is 0 Å². The first-order valence-electron chi connectivity index (χ1n) is 6.32. The molecular formula is C15H26O. The van der Waals surface area contributed by atoms with Crippen molar-refractivity contribution in [2.75, 3.05) is 0 Å². The average molecular weight is 222 g/mol. The molecule has 0 spiro atoms. The maximum absolute atomic E-state index is 9.86. The Balaban J connectivity index is 2.67. The normalized spacial score (nSPS) is 28.5. The highest BCUT2D eigenvalue weighted by Gasteiger charge is 2.34. The highest BCUT2D eigenvalue weighted by atomic mass is 16.3. The summed E-state index contributed by atoms with van der Waals surface area (Å²) in [5, 5.41) is 9.86. The SMILES string of the molecule is CC(C)=CCCC1C=C(C)C(O)CC1(C)C. The lowest BCUT2D eigenvalue weighted by atomic mass is 9.68. The van der Waals surface area contributed by atoms with Crippen LogP contribution in [0.15, 0.2) is 23.3 Å². The van der Waals surface area contributed by atoms with E-state index in [1.165, 1.54) is 12.0 Å².